The molecule has 0 saturated carbocycles. The quantitative estimate of drug-likeness (QED) is 0.451. The van der Waals surface area contributed by atoms with Crippen LogP contribution in [0.15, 0.2) is 35.2 Å². The van der Waals surface area contributed by atoms with Crippen molar-refractivity contribution >= 4 is 46.6 Å². The summed E-state index contributed by atoms with van der Waals surface area (Å²) in [6, 6.07) is 6.89. The Morgan fingerprint density at radius 2 is 1.88 bits per heavy atom. The molecule has 1 N–H and O–H groups in total. The zero-order chi connectivity index (χ0) is 19.5. The molecule has 140 valence electrons. The zero-order valence-corrected chi connectivity index (χ0v) is 15.7. The number of aryl methyl sites for hydroxylation is 1. The van der Waals surface area contributed by atoms with Crippen LogP contribution in [-0.4, -0.2) is 17.8 Å². The van der Waals surface area contributed by atoms with Gasteiger partial charge in [0.25, 0.3) is 0 Å². The number of hydrogen-bond acceptors (Lipinski definition) is 2. The van der Waals surface area contributed by atoms with Gasteiger partial charge in [-0.15, -0.1) is 11.8 Å². The molecule has 0 radical (unpaired) electrons. The number of carbonyl (C=O) groups is 1. The van der Waals surface area contributed by atoms with E-state index in [0.717, 1.165) is 6.07 Å². The van der Waals surface area contributed by atoms with Crippen LogP contribution in [0.3, 0.4) is 0 Å². The average molecular weight is 426 g/mol. The third-order valence-corrected chi connectivity index (χ3v) is 5.12. The molecule has 2 aromatic carbocycles. The van der Waals surface area contributed by atoms with E-state index in [1.165, 1.54) is 25.1 Å². The number of carbonyl (C=O) groups excluding carboxylic acids is 1. The molecule has 9 heteroatoms. The maximum absolute atomic E-state index is 14.1. The van der Waals surface area contributed by atoms with E-state index in [-0.39, 0.29) is 17.0 Å². The van der Waals surface area contributed by atoms with Crippen molar-refractivity contribution in [3.63, 3.8) is 0 Å². The van der Waals surface area contributed by atoms with E-state index in [4.69, 9.17) is 23.2 Å². The second-order valence-corrected chi connectivity index (χ2v) is 7.32. The summed E-state index contributed by atoms with van der Waals surface area (Å²) < 4.78 is 51.2. The van der Waals surface area contributed by atoms with Crippen LogP contribution in [0.5, 0.6) is 0 Å². The maximum atomic E-state index is 14.1. The highest BCUT2D eigenvalue weighted by Gasteiger charge is 2.27. The highest BCUT2D eigenvalue weighted by molar-refractivity contribution is 7.99. The highest BCUT2D eigenvalue weighted by atomic mass is 35.5. The molecular weight excluding hydrogens is 413 g/mol. The monoisotopic (exact) mass is 425 g/mol. The van der Waals surface area contributed by atoms with Crippen LogP contribution in [0, 0.1) is 12.7 Å². The van der Waals surface area contributed by atoms with E-state index < -0.39 is 23.7 Å². The predicted octanol–water partition coefficient (Wildman–Crippen LogP) is 6.28. The Balaban J connectivity index is 2.15. The van der Waals surface area contributed by atoms with Gasteiger partial charge in [-0.3, -0.25) is 4.79 Å². The van der Waals surface area contributed by atoms with Crippen molar-refractivity contribution in [1.29, 1.82) is 0 Å². The first kappa shape index (κ1) is 20.9. The molecular formula is C17H13Cl2F4NOS. The molecule has 0 atom stereocenters. The smallest absolute Gasteiger partial charge is 0.323 e. The van der Waals surface area contributed by atoms with Crippen LogP contribution in [0.4, 0.5) is 23.2 Å². The lowest BCUT2D eigenvalue weighted by atomic mass is 10.1. The van der Waals surface area contributed by atoms with Gasteiger partial charge in [0.2, 0.25) is 5.91 Å². The lowest BCUT2D eigenvalue weighted by Crippen LogP contribution is -2.16. The lowest BCUT2D eigenvalue weighted by Gasteiger charge is -2.13. The first-order valence-corrected chi connectivity index (χ1v) is 9.03. The van der Waals surface area contributed by atoms with Gasteiger partial charge < -0.3 is 5.32 Å². The van der Waals surface area contributed by atoms with Crippen molar-refractivity contribution in [2.24, 2.45) is 0 Å². The van der Waals surface area contributed by atoms with Crippen LogP contribution in [0.1, 0.15) is 11.1 Å². The van der Waals surface area contributed by atoms with Crippen LogP contribution in [0.25, 0.3) is 0 Å². The first-order chi connectivity index (χ1) is 12.0. The third-order valence-electron chi connectivity index (χ3n) is 3.29. The normalized spacial score (nSPS) is 11.5. The molecule has 0 aliphatic heterocycles. The van der Waals surface area contributed by atoms with Crippen molar-refractivity contribution in [2.45, 2.75) is 24.4 Å². The lowest BCUT2D eigenvalue weighted by molar-refractivity contribution is -0.115. The summed E-state index contributed by atoms with van der Waals surface area (Å²) in [5, 5.41) is 3.08. The number of hydrogen-bond donors (Lipinski definition) is 1. The summed E-state index contributed by atoms with van der Waals surface area (Å²) in [7, 11) is 0. The molecule has 0 aliphatic carbocycles. The number of alkyl halides is 3. The topological polar surface area (TPSA) is 29.1 Å². The minimum atomic E-state index is -4.35. The van der Waals surface area contributed by atoms with Gasteiger partial charge >= 0.3 is 6.18 Å². The van der Waals surface area contributed by atoms with Crippen molar-refractivity contribution in [1.82, 2.24) is 0 Å². The summed E-state index contributed by atoms with van der Waals surface area (Å²) >= 11 is 12.4. The number of halogens is 6. The van der Waals surface area contributed by atoms with E-state index in [9.17, 15) is 22.4 Å². The molecule has 0 bridgehead atoms. The molecule has 2 rings (SSSR count). The number of benzene rings is 2. The molecule has 0 heterocycles. The van der Waals surface area contributed by atoms with Gasteiger partial charge in [0.15, 0.2) is 0 Å². The Labute approximate surface area is 161 Å². The minimum absolute atomic E-state index is 0.155. The van der Waals surface area contributed by atoms with Gasteiger partial charge in [0.1, 0.15) is 5.82 Å². The van der Waals surface area contributed by atoms with E-state index in [2.05, 4.69) is 5.32 Å². The fourth-order valence-electron chi connectivity index (χ4n) is 2.11. The molecule has 0 saturated heterocycles. The molecule has 0 unspecified atom stereocenters. The van der Waals surface area contributed by atoms with Crippen molar-refractivity contribution in [3.05, 3.63) is 57.3 Å². The van der Waals surface area contributed by atoms with Crippen molar-refractivity contribution in [3.8, 4) is 0 Å². The third kappa shape index (κ3) is 6.07. The van der Waals surface area contributed by atoms with Crippen LogP contribution in [-0.2, 0) is 11.2 Å². The van der Waals surface area contributed by atoms with Crippen molar-refractivity contribution < 1.29 is 22.4 Å². The van der Waals surface area contributed by atoms with Crippen molar-refractivity contribution in [2.75, 3.05) is 11.1 Å². The SMILES string of the molecule is Cc1cc(F)c(NC(=O)Cc2cc(Cl)ccc2Cl)cc1SCC(F)(F)F. The van der Waals surface area contributed by atoms with Crippen LogP contribution < -0.4 is 5.32 Å². The van der Waals surface area contributed by atoms with E-state index in [0.29, 0.717) is 32.9 Å². The largest absolute Gasteiger partial charge is 0.398 e. The Bertz CT molecular complexity index is 827. The summed E-state index contributed by atoms with van der Waals surface area (Å²) in [6.07, 6.45) is -4.50. The number of thioether (sulfide) groups is 1. The summed E-state index contributed by atoms with van der Waals surface area (Å²) in [5.41, 5.74) is 0.618. The van der Waals surface area contributed by atoms with Gasteiger partial charge in [0.05, 0.1) is 17.9 Å². The fraction of sp³-hybridized carbons (Fsp3) is 0.235. The Kier molecular flexibility index (Phi) is 6.82. The molecule has 26 heavy (non-hydrogen) atoms. The van der Waals surface area contributed by atoms with Gasteiger partial charge in [0, 0.05) is 14.9 Å². The number of anilines is 1. The second-order valence-electron chi connectivity index (χ2n) is 5.46. The van der Waals surface area contributed by atoms with Gasteiger partial charge in [-0.25, -0.2) is 4.39 Å². The molecule has 0 fully saturated rings. The van der Waals surface area contributed by atoms with E-state index >= 15 is 0 Å². The maximum Gasteiger partial charge on any atom is 0.398 e. The highest BCUT2D eigenvalue weighted by Crippen LogP contribution is 2.32. The summed E-state index contributed by atoms with van der Waals surface area (Å²) in [6.45, 7) is 1.50. The van der Waals surface area contributed by atoms with E-state index in [1.54, 1.807) is 6.07 Å². The molecule has 2 aromatic rings. The van der Waals surface area contributed by atoms with Crippen LogP contribution in [0.2, 0.25) is 10.0 Å². The van der Waals surface area contributed by atoms with Gasteiger partial charge in [-0.05, 0) is 48.4 Å². The number of amides is 1. The van der Waals surface area contributed by atoms with E-state index in [1.807, 2.05) is 0 Å². The Hall–Kier alpha value is -1.44. The van der Waals surface area contributed by atoms with Crippen LogP contribution >= 0.6 is 35.0 Å². The number of rotatable bonds is 5. The predicted molar refractivity (Wildman–Crippen MR) is 96.7 cm³/mol. The molecule has 0 spiro atoms. The number of nitrogens with one attached hydrogen (secondary N) is 1. The first-order valence-electron chi connectivity index (χ1n) is 7.28. The molecule has 2 nitrogen and oxygen atoms in total. The molecule has 0 aromatic heterocycles. The molecule has 0 aliphatic rings. The zero-order valence-electron chi connectivity index (χ0n) is 13.4. The Morgan fingerprint density at radius 3 is 2.54 bits per heavy atom. The minimum Gasteiger partial charge on any atom is -0.323 e. The average Bonchev–Trinajstić information content (AvgIpc) is 2.51. The van der Waals surface area contributed by atoms with Gasteiger partial charge in [-0.1, -0.05) is 23.2 Å². The standard InChI is InChI=1S/C17H13Cl2F4NOS/c1-9-4-13(20)14(7-15(9)26-8-17(21,22)23)24-16(25)6-10-5-11(18)2-3-12(10)19/h2-5,7H,6,8H2,1H3,(H,24,25). The summed E-state index contributed by atoms with van der Waals surface area (Å²) in [4.78, 5) is 12.4. The van der Waals surface area contributed by atoms with Gasteiger partial charge in [-0.2, -0.15) is 13.2 Å². The fourth-order valence-corrected chi connectivity index (χ4v) is 3.30. The Morgan fingerprint density at radius 1 is 1.19 bits per heavy atom. The summed E-state index contributed by atoms with van der Waals surface area (Å²) in [5.74, 6) is -2.40. The molecule has 1 amide bonds. The second kappa shape index (κ2) is 8.50.